The van der Waals surface area contributed by atoms with E-state index in [9.17, 15) is 4.39 Å². The molecule has 18 heavy (non-hydrogen) atoms. The Hall–Kier alpha value is -1.13. The zero-order chi connectivity index (χ0) is 13.4. The van der Waals surface area contributed by atoms with Crippen LogP contribution in [0.2, 0.25) is 0 Å². The van der Waals surface area contributed by atoms with Crippen molar-refractivity contribution in [3.05, 3.63) is 29.6 Å². The zero-order valence-electron chi connectivity index (χ0n) is 11.3. The summed E-state index contributed by atoms with van der Waals surface area (Å²) in [4.78, 5) is 0. The highest BCUT2D eigenvalue weighted by Crippen LogP contribution is 2.22. The predicted molar refractivity (Wildman–Crippen MR) is 70.4 cm³/mol. The molecule has 0 heterocycles. The van der Waals surface area contributed by atoms with Crippen LogP contribution in [0.1, 0.15) is 26.3 Å². The van der Waals surface area contributed by atoms with Gasteiger partial charge in [0.25, 0.3) is 0 Å². The Bertz CT molecular complexity index is 356. The Labute approximate surface area is 108 Å². The van der Waals surface area contributed by atoms with Crippen molar-refractivity contribution < 1.29 is 13.9 Å². The summed E-state index contributed by atoms with van der Waals surface area (Å²) in [6, 6.07) is 4.97. The molecule has 0 amide bonds. The topological polar surface area (TPSA) is 30.5 Å². The van der Waals surface area contributed by atoms with Gasteiger partial charge in [0.2, 0.25) is 0 Å². The average molecular weight is 255 g/mol. The van der Waals surface area contributed by atoms with Crippen LogP contribution < -0.4 is 10.1 Å². The minimum atomic E-state index is -0.324. The first-order valence-corrected chi connectivity index (χ1v) is 6.37. The molecule has 0 spiro atoms. The number of rotatable bonds is 8. The van der Waals surface area contributed by atoms with Gasteiger partial charge < -0.3 is 14.8 Å². The number of benzene rings is 1. The highest BCUT2D eigenvalue weighted by Gasteiger charge is 2.09. The van der Waals surface area contributed by atoms with Crippen LogP contribution in [-0.4, -0.2) is 25.9 Å². The molecule has 4 heteroatoms. The van der Waals surface area contributed by atoms with E-state index in [4.69, 9.17) is 9.47 Å². The lowest BCUT2D eigenvalue weighted by Crippen LogP contribution is -2.16. The van der Waals surface area contributed by atoms with E-state index in [0.29, 0.717) is 25.5 Å². The summed E-state index contributed by atoms with van der Waals surface area (Å²) < 4.78 is 24.5. The van der Waals surface area contributed by atoms with Crippen molar-refractivity contribution in [2.45, 2.75) is 33.4 Å². The van der Waals surface area contributed by atoms with E-state index < -0.39 is 0 Å². The number of ether oxygens (including phenoxy) is 2. The lowest BCUT2D eigenvalue weighted by molar-refractivity contribution is 0.0542. The quantitative estimate of drug-likeness (QED) is 0.725. The second-order valence-electron chi connectivity index (χ2n) is 4.28. The van der Waals surface area contributed by atoms with Gasteiger partial charge in [-0.3, -0.25) is 0 Å². The molecule has 3 nitrogen and oxygen atoms in total. The molecule has 0 aliphatic heterocycles. The van der Waals surface area contributed by atoms with Crippen molar-refractivity contribution in [2.24, 2.45) is 0 Å². The third-order valence-corrected chi connectivity index (χ3v) is 2.39. The van der Waals surface area contributed by atoms with E-state index >= 15 is 0 Å². The molecule has 1 N–H and O–H groups in total. The van der Waals surface area contributed by atoms with Gasteiger partial charge in [-0.25, -0.2) is 4.39 Å². The van der Waals surface area contributed by atoms with Crippen LogP contribution in [-0.2, 0) is 11.3 Å². The molecule has 0 saturated heterocycles. The van der Waals surface area contributed by atoms with E-state index in [1.807, 2.05) is 26.8 Å². The van der Waals surface area contributed by atoms with Crippen molar-refractivity contribution in [2.75, 3.05) is 19.8 Å². The summed E-state index contributed by atoms with van der Waals surface area (Å²) in [6.45, 7) is 8.20. The van der Waals surface area contributed by atoms with Gasteiger partial charge >= 0.3 is 0 Å². The first kappa shape index (κ1) is 14.9. The SMILES string of the molecule is CCNCc1cccc(F)c1OCCOC(C)C. The van der Waals surface area contributed by atoms with Crippen LogP contribution >= 0.6 is 0 Å². The fourth-order valence-corrected chi connectivity index (χ4v) is 1.54. The molecule has 102 valence electrons. The van der Waals surface area contributed by atoms with Gasteiger partial charge in [0.1, 0.15) is 6.61 Å². The molecular formula is C14H22FNO2. The number of halogens is 1. The molecular weight excluding hydrogens is 233 g/mol. The standard InChI is InChI=1S/C14H22FNO2/c1-4-16-10-12-6-5-7-13(15)14(12)18-9-8-17-11(2)3/h5-7,11,16H,4,8-10H2,1-3H3. The third-order valence-electron chi connectivity index (χ3n) is 2.39. The molecule has 1 aromatic carbocycles. The number of para-hydroxylation sites is 1. The van der Waals surface area contributed by atoms with Crippen LogP contribution in [0.25, 0.3) is 0 Å². The maximum atomic E-state index is 13.7. The van der Waals surface area contributed by atoms with Crippen LogP contribution in [0, 0.1) is 5.82 Å². The molecule has 0 aliphatic rings. The molecule has 0 unspecified atom stereocenters. The molecule has 1 rings (SSSR count). The normalized spacial score (nSPS) is 10.9. The van der Waals surface area contributed by atoms with Crippen molar-refractivity contribution in [1.29, 1.82) is 0 Å². The minimum Gasteiger partial charge on any atom is -0.488 e. The number of nitrogens with one attached hydrogen (secondary N) is 1. The van der Waals surface area contributed by atoms with Gasteiger partial charge in [-0.15, -0.1) is 0 Å². The van der Waals surface area contributed by atoms with E-state index in [2.05, 4.69) is 5.32 Å². The molecule has 0 bridgehead atoms. The molecule has 0 aliphatic carbocycles. The van der Waals surface area contributed by atoms with Gasteiger partial charge in [-0.05, 0) is 26.5 Å². The van der Waals surface area contributed by atoms with Crippen LogP contribution in [0.15, 0.2) is 18.2 Å². The first-order chi connectivity index (χ1) is 8.65. The van der Waals surface area contributed by atoms with E-state index in [0.717, 1.165) is 12.1 Å². The molecule has 0 atom stereocenters. The van der Waals surface area contributed by atoms with Crippen LogP contribution in [0.4, 0.5) is 4.39 Å². The molecule has 0 aromatic heterocycles. The number of hydrogen-bond donors (Lipinski definition) is 1. The molecule has 0 fully saturated rings. The van der Waals surface area contributed by atoms with Crippen molar-refractivity contribution in [1.82, 2.24) is 5.32 Å². The van der Waals surface area contributed by atoms with Gasteiger partial charge in [0, 0.05) is 12.1 Å². The third kappa shape index (κ3) is 5.02. The van der Waals surface area contributed by atoms with Crippen LogP contribution in [0.3, 0.4) is 0 Å². The van der Waals surface area contributed by atoms with E-state index in [1.54, 1.807) is 6.07 Å². The second kappa shape index (κ2) is 8.06. The minimum absolute atomic E-state index is 0.162. The highest BCUT2D eigenvalue weighted by molar-refractivity contribution is 5.34. The Morgan fingerprint density at radius 3 is 2.72 bits per heavy atom. The van der Waals surface area contributed by atoms with Gasteiger partial charge in [0.05, 0.1) is 12.7 Å². The van der Waals surface area contributed by atoms with Gasteiger partial charge in [-0.1, -0.05) is 19.1 Å². The van der Waals surface area contributed by atoms with Gasteiger partial charge in [-0.2, -0.15) is 0 Å². The second-order valence-corrected chi connectivity index (χ2v) is 4.28. The Balaban J connectivity index is 2.56. The first-order valence-electron chi connectivity index (χ1n) is 6.37. The highest BCUT2D eigenvalue weighted by atomic mass is 19.1. The number of hydrogen-bond acceptors (Lipinski definition) is 3. The summed E-state index contributed by atoms with van der Waals surface area (Å²) in [6.07, 6.45) is 0.162. The Morgan fingerprint density at radius 1 is 1.28 bits per heavy atom. The maximum Gasteiger partial charge on any atom is 0.165 e. The van der Waals surface area contributed by atoms with E-state index in [-0.39, 0.29) is 11.9 Å². The van der Waals surface area contributed by atoms with E-state index in [1.165, 1.54) is 6.07 Å². The largest absolute Gasteiger partial charge is 0.488 e. The fraction of sp³-hybridized carbons (Fsp3) is 0.571. The Kier molecular flexibility index (Phi) is 6.68. The monoisotopic (exact) mass is 255 g/mol. The lowest BCUT2D eigenvalue weighted by Gasteiger charge is -2.13. The molecule has 0 radical (unpaired) electrons. The summed E-state index contributed by atoms with van der Waals surface area (Å²) in [5, 5.41) is 3.16. The zero-order valence-corrected chi connectivity index (χ0v) is 11.3. The molecule has 1 aromatic rings. The lowest BCUT2D eigenvalue weighted by atomic mass is 10.2. The summed E-state index contributed by atoms with van der Waals surface area (Å²) in [7, 11) is 0. The average Bonchev–Trinajstić information content (AvgIpc) is 2.33. The summed E-state index contributed by atoms with van der Waals surface area (Å²) in [5.74, 6) is 0.000700. The predicted octanol–water partition coefficient (Wildman–Crippen LogP) is 2.74. The van der Waals surface area contributed by atoms with Crippen LogP contribution in [0.5, 0.6) is 5.75 Å². The smallest absolute Gasteiger partial charge is 0.165 e. The maximum absolute atomic E-state index is 13.7. The Morgan fingerprint density at radius 2 is 2.06 bits per heavy atom. The summed E-state index contributed by atoms with van der Waals surface area (Å²) >= 11 is 0. The summed E-state index contributed by atoms with van der Waals surface area (Å²) in [5.41, 5.74) is 0.835. The van der Waals surface area contributed by atoms with Gasteiger partial charge in [0.15, 0.2) is 11.6 Å². The van der Waals surface area contributed by atoms with Crippen molar-refractivity contribution in [3.8, 4) is 5.75 Å². The van der Waals surface area contributed by atoms with Crippen molar-refractivity contribution >= 4 is 0 Å². The molecule has 0 saturated carbocycles. The van der Waals surface area contributed by atoms with Crippen molar-refractivity contribution in [3.63, 3.8) is 0 Å². The fourth-order valence-electron chi connectivity index (χ4n) is 1.54.